The van der Waals surface area contributed by atoms with Crippen LogP contribution in [-0.2, 0) is 4.79 Å². The number of nitrogens with two attached hydrogens (primary N) is 1. The molecule has 1 unspecified atom stereocenters. The summed E-state index contributed by atoms with van der Waals surface area (Å²) in [5.74, 6) is 0.926. The average Bonchev–Trinajstić information content (AvgIpc) is 2.46. The minimum Gasteiger partial charge on any atom is -0.353 e. The number of hydrogen-bond acceptors (Lipinski definition) is 3. The highest BCUT2D eigenvalue weighted by Crippen LogP contribution is 2.35. The fourth-order valence-corrected chi connectivity index (χ4v) is 3.16. The van der Waals surface area contributed by atoms with Gasteiger partial charge in [-0.3, -0.25) is 9.69 Å². The number of rotatable bonds is 7. The fourth-order valence-electron chi connectivity index (χ4n) is 3.16. The molecule has 0 aromatic heterocycles. The quantitative estimate of drug-likeness (QED) is 0.752. The number of nitrogens with zero attached hydrogens (tertiary/aromatic N) is 1. The lowest BCUT2D eigenvalue weighted by Crippen LogP contribution is -2.58. The molecule has 0 aliphatic heterocycles. The van der Waals surface area contributed by atoms with Crippen molar-refractivity contribution < 1.29 is 4.79 Å². The van der Waals surface area contributed by atoms with E-state index in [2.05, 4.69) is 37.9 Å². The molecule has 0 spiro atoms. The maximum atomic E-state index is 12.2. The third-order valence-corrected chi connectivity index (χ3v) is 4.99. The molecular formula is C16H33N3O. The molecule has 4 nitrogen and oxygen atoms in total. The molecule has 1 saturated carbocycles. The number of amides is 1. The Morgan fingerprint density at radius 2 is 2.00 bits per heavy atom. The Kier molecular flexibility index (Phi) is 6.96. The summed E-state index contributed by atoms with van der Waals surface area (Å²) in [5, 5.41) is 3.06. The molecular weight excluding hydrogens is 250 g/mol. The van der Waals surface area contributed by atoms with Gasteiger partial charge in [0.15, 0.2) is 0 Å². The van der Waals surface area contributed by atoms with Crippen molar-refractivity contribution in [3.05, 3.63) is 0 Å². The largest absolute Gasteiger partial charge is 0.353 e. The Morgan fingerprint density at radius 3 is 2.45 bits per heavy atom. The minimum absolute atomic E-state index is 0.0358. The van der Waals surface area contributed by atoms with Gasteiger partial charge in [-0.15, -0.1) is 0 Å². The van der Waals surface area contributed by atoms with Crippen molar-refractivity contribution >= 4 is 5.91 Å². The Morgan fingerprint density at radius 1 is 1.40 bits per heavy atom. The van der Waals surface area contributed by atoms with Crippen LogP contribution in [0.25, 0.3) is 0 Å². The Bertz CT molecular complexity index is 298. The lowest BCUT2D eigenvalue weighted by molar-refractivity contribution is -0.125. The molecule has 0 heterocycles. The third kappa shape index (κ3) is 4.45. The van der Waals surface area contributed by atoms with Crippen LogP contribution in [0.2, 0.25) is 0 Å². The van der Waals surface area contributed by atoms with Crippen LogP contribution in [0, 0.1) is 5.92 Å². The molecule has 1 rings (SSSR count). The molecule has 20 heavy (non-hydrogen) atoms. The van der Waals surface area contributed by atoms with Gasteiger partial charge in [0, 0.05) is 18.1 Å². The molecule has 0 aromatic carbocycles. The molecule has 1 aliphatic rings. The average molecular weight is 283 g/mol. The van der Waals surface area contributed by atoms with Crippen LogP contribution in [0.15, 0.2) is 0 Å². The molecule has 1 atom stereocenters. The van der Waals surface area contributed by atoms with E-state index in [1.54, 1.807) is 0 Å². The number of nitrogens with one attached hydrogen (secondary N) is 1. The van der Waals surface area contributed by atoms with Gasteiger partial charge < -0.3 is 11.1 Å². The van der Waals surface area contributed by atoms with Crippen LogP contribution in [-0.4, -0.2) is 42.0 Å². The first-order chi connectivity index (χ1) is 9.47. The van der Waals surface area contributed by atoms with Crippen LogP contribution in [0.1, 0.15) is 59.8 Å². The van der Waals surface area contributed by atoms with Gasteiger partial charge in [0.05, 0.1) is 6.54 Å². The highest BCUT2D eigenvalue weighted by molar-refractivity contribution is 5.78. The molecule has 1 fully saturated rings. The lowest BCUT2D eigenvalue weighted by Gasteiger charge is -2.46. The van der Waals surface area contributed by atoms with Crippen LogP contribution in [0.5, 0.6) is 0 Å². The maximum Gasteiger partial charge on any atom is 0.234 e. The maximum absolute atomic E-state index is 12.2. The normalized spacial score (nSPS) is 28.4. The second kappa shape index (κ2) is 7.99. The smallest absolute Gasteiger partial charge is 0.234 e. The van der Waals surface area contributed by atoms with Gasteiger partial charge in [-0.2, -0.15) is 0 Å². The first-order valence-corrected chi connectivity index (χ1v) is 8.21. The van der Waals surface area contributed by atoms with Crippen LogP contribution >= 0.6 is 0 Å². The van der Waals surface area contributed by atoms with Crippen molar-refractivity contribution in [1.82, 2.24) is 10.2 Å². The predicted octanol–water partition coefficient (Wildman–Crippen LogP) is 2.13. The highest BCUT2D eigenvalue weighted by atomic mass is 16.2. The van der Waals surface area contributed by atoms with E-state index < -0.39 is 0 Å². The summed E-state index contributed by atoms with van der Waals surface area (Å²) in [6, 6.07) is 0.251. The Labute approximate surface area is 124 Å². The predicted molar refractivity (Wildman–Crippen MR) is 84.6 cm³/mol. The van der Waals surface area contributed by atoms with E-state index in [1.165, 1.54) is 12.8 Å². The van der Waals surface area contributed by atoms with Gasteiger partial charge in [0.1, 0.15) is 0 Å². The van der Waals surface area contributed by atoms with Gasteiger partial charge >= 0.3 is 0 Å². The van der Waals surface area contributed by atoms with Crippen molar-refractivity contribution in [2.45, 2.75) is 71.4 Å². The van der Waals surface area contributed by atoms with E-state index in [4.69, 9.17) is 5.73 Å². The SMILES string of the molecule is CCC(C)NC(=O)CN(CC)C1(CN)CCC(C)CC1. The summed E-state index contributed by atoms with van der Waals surface area (Å²) >= 11 is 0. The Balaban J connectivity index is 2.65. The number of carbonyl (C=O) groups is 1. The molecule has 118 valence electrons. The zero-order valence-corrected chi connectivity index (χ0v) is 13.7. The first-order valence-electron chi connectivity index (χ1n) is 8.21. The van der Waals surface area contributed by atoms with E-state index in [-0.39, 0.29) is 17.5 Å². The van der Waals surface area contributed by atoms with Crippen LogP contribution in [0.3, 0.4) is 0 Å². The van der Waals surface area contributed by atoms with Crippen molar-refractivity contribution in [2.24, 2.45) is 11.7 Å². The van der Waals surface area contributed by atoms with Crippen molar-refractivity contribution in [2.75, 3.05) is 19.6 Å². The Hall–Kier alpha value is -0.610. The van der Waals surface area contributed by atoms with Crippen molar-refractivity contribution in [1.29, 1.82) is 0 Å². The zero-order chi connectivity index (χ0) is 15.2. The first kappa shape index (κ1) is 17.4. The number of carbonyl (C=O) groups excluding carboxylic acids is 1. The second-order valence-corrected chi connectivity index (χ2v) is 6.50. The molecule has 0 bridgehead atoms. The summed E-state index contributed by atoms with van der Waals surface area (Å²) < 4.78 is 0. The summed E-state index contributed by atoms with van der Waals surface area (Å²) in [7, 11) is 0. The standard InChI is InChI=1S/C16H33N3O/c1-5-14(4)18-15(20)11-19(6-2)16(12-17)9-7-13(3)8-10-16/h13-14H,5-12,17H2,1-4H3,(H,18,20). The van der Waals surface area contributed by atoms with Gasteiger partial charge in [-0.25, -0.2) is 0 Å². The van der Waals surface area contributed by atoms with E-state index in [0.717, 1.165) is 31.7 Å². The van der Waals surface area contributed by atoms with E-state index in [1.807, 2.05) is 0 Å². The monoisotopic (exact) mass is 283 g/mol. The third-order valence-electron chi connectivity index (χ3n) is 4.99. The van der Waals surface area contributed by atoms with E-state index in [9.17, 15) is 4.79 Å². The molecule has 3 N–H and O–H groups in total. The molecule has 4 heteroatoms. The zero-order valence-electron chi connectivity index (χ0n) is 13.7. The van der Waals surface area contributed by atoms with Crippen molar-refractivity contribution in [3.8, 4) is 0 Å². The van der Waals surface area contributed by atoms with Gasteiger partial charge in [0.2, 0.25) is 5.91 Å². The van der Waals surface area contributed by atoms with Crippen LogP contribution < -0.4 is 11.1 Å². The minimum atomic E-state index is 0.0358. The highest BCUT2D eigenvalue weighted by Gasteiger charge is 2.38. The number of likely N-dealkylation sites (N-methyl/N-ethyl adjacent to an activating group) is 1. The molecule has 0 saturated heterocycles. The molecule has 1 amide bonds. The second-order valence-electron chi connectivity index (χ2n) is 6.50. The topological polar surface area (TPSA) is 58.4 Å². The lowest BCUT2D eigenvalue weighted by atomic mass is 9.76. The molecule has 0 radical (unpaired) electrons. The fraction of sp³-hybridized carbons (Fsp3) is 0.938. The van der Waals surface area contributed by atoms with Gasteiger partial charge in [0.25, 0.3) is 0 Å². The van der Waals surface area contributed by atoms with E-state index in [0.29, 0.717) is 13.1 Å². The summed E-state index contributed by atoms with van der Waals surface area (Å²) in [5.41, 5.74) is 6.13. The summed E-state index contributed by atoms with van der Waals surface area (Å²) in [6.45, 7) is 10.6. The van der Waals surface area contributed by atoms with Gasteiger partial charge in [-0.1, -0.05) is 20.8 Å². The molecule has 1 aliphatic carbocycles. The van der Waals surface area contributed by atoms with Crippen molar-refractivity contribution in [3.63, 3.8) is 0 Å². The number of hydrogen-bond donors (Lipinski definition) is 2. The van der Waals surface area contributed by atoms with Gasteiger partial charge in [-0.05, 0) is 51.5 Å². The summed E-state index contributed by atoms with van der Waals surface area (Å²) in [6.07, 6.45) is 5.66. The molecule has 0 aromatic rings. The summed E-state index contributed by atoms with van der Waals surface area (Å²) in [4.78, 5) is 14.5. The van der Waals surface area contributed by atoms with E-state index >= 15 is 0 Å². The van der Waals surface area contributed by atoms with Crippen LogP contribution in [0.4, 0.5) is 0 Å².